The molecule has 2 aliphatic heterocycles. The first-order valence-corrected chi connectivity index (χ1v) is 12.9. The molecule has 8 heteroatoms. The van der Waals surface area contributed by atoms with Crippen LogP contribution in [0.25, 0.3) is 0 Å². The Morgan fingerprint density at radius 2 is 1.79 bits per heavy atom. The minimum Gasteiger partial charge on any atom is -0.436 e. The second-order valence-corrected chi connectivity index (χ2v) is 10.7. The van der Waals surface area contributed by atoms with Crippen LogP contribution in [0.15, 0.2) is 0 Å². The molecule has 0 spiro atoms. The molecule has 0 bridgehead atoms. The monoisotopic (exact) mass is 460 g/mol. The third kappa shape index (κ3) is 6.19. The van der Waals surface area contributed by atoms with Crippen molar-refractivity contribution in [2.45, 2.75) is 75.9 Å². The van der Waals surface area contributed by atoms with Gasteiger partial charge in [0, 0.05) is 26.2 Å². The number of morpholine rings is 1. The number of rotatable bonds is 5. The van der Waals surface area contributed by atoms with Crippen molar-refractivity contribution in [3.63, 3.8) is 0 Å². The van der Waals surface area contributed by atoms with E-state index >= 15 is 0 Å². The maximum atomic E-state index is 13.4. The molecule has 0 radical (unpaired) electrons. The lowest BCUT2D eigenvalue weighted by Gasteiger charge is -2.40. The first-order chi connectivity index (χ1) is 16.0. The summed E-state index contributed by atoms with van der Waals surface area (Å²) in [4.78, 5) is 30.1. The summed E-state index contributed by atoms with van der Waals surface area (Å²) in [6.45, 7) is 3.46. The molecule has 2 aliphatic carbocycles. The Morgan fingerprint density at radius 3 is 2.48 bits per heavy atom. The first kappa shape index (κ1) is 24.3. The predicted octanol–water partition coefficient (Wildman–Crippen LogP) is 2.92. The van der Waals surface area contributed by atoms with Gasteiger partial charge in [-0.2, -0.15) is 5.26 Å². The quantitative estimate of drug-likeness (QED) is 0.678. The fraction of sp³-hybridized carbons (Fsp3) is 0.880. The SMILES string of the molecule is CN1CCC(C#N)(NC(=O)[C@H](CC2CCC3CCCCC3C2)OC(=O)N2CCOCC2)CC1. The van der Waals surface area contributed by atoms with Gasteiger partial charge in [-0.05, 0) is 56.9 Å². The molecular weight excluding hydrogens is 420 g/mol. The molecule has 4 atom stereocenters. The average Bonchev–Trinajstić information content (AvgIpc) is 2.85. The molecule has 0 aromatic carbocycles. The van der Waals surface area contributed by atoms with E-state index < -0.39 is 17.7 Å². The summed E-state index contributed by atoms with van der Waals surface area (Å²) in [6, 6.07) is 2.36. The predicted molar refractivity (Wildman–Crippen MR) is 123 cm³/mol. The molecule has 33 heavy (non-hydrogen) atoms. The van der Waals surface area contributed by atoms with Gasteiger partial charge >= 0.3 is 6.09 Å². The molecule has 2 amide bonds. The van der Waals surface area contributed by atoms with E-state index in [9.17, 15) is 14.9 Å². The van der Waals surface area contributed by atoms with Crippen molar-refractivity contribution >= 4 is 12.0 Å². The van der Waals surface area contributed by atoms with Crippen LogP contribution in [0.1, 0.15) is 64.2 Å². The van der Waals surface area contributed by atoms with Crippen LogP contribution in [0.3, 0.4) is 0 Å². The van der Waals surface area contributed by atoms with Crippen molar-refractivity contribution < 1.29 is 19.1 Å². The van der Waals surface area contributed by atoms with Gasteiger partial charge in [-0.1, -0.05) is 32.1 Å². The van der Waals surface area contributed by atoms with E-state index in [2.05, 4.69) is 16.3 Å². The Kier molecular flexibility index (Phi) is 8.13. The molecule has 2 saturated heterocycles. The van der Waals surface area contributed by atoms with Gasteiger partial charge in [0.2, 0.25) is 0 Å². The molecule has 184 valence electrons. The maximum absolute atomic E-state index is 13.4. The van der Waals surface area contributed by atoms with Gasteiger partial charge in [0.15, 0.2) is 6.10 Å². The molecule has 4 aliphatic rings. The second-order valence-electron chi connectivity index (χ2n) is 10.7. The normalized spacial score (nSPS) is 31.0. The van der Waals surface area contributed by atoms with E-state index in [4.69, 9.17) is 9.47 Å². The van der Waals surface area contributed by atoms with Crippen LogP contribution in [0.4, 0.5) is 4.79 Å². The number of carbonyl (C=O) groups is 2. The van der Waals surface area contributed by atoms with E-state index in [1.54, 1.807) is 4.90 Å². The molecule has 1 N–H and O–H groups in total. The summed E-state index contributed by atoms with van der Waals surface area (Å²) in [5, 5.41) is 12.9. The molecule has 8 nitrogen and oxygen atoms in total. The summed E-state index contributed by atoms with van der Waals surface area (Å²) < 4.78 is 11.2. The summed E-state index contributed by atoms with van der Waals surface area (Å²) in [5.41, 5.74) is -0.881. The second kappa shape index (κ2) is 11.1. The third-order valence-corrected chi connectivity index (χ3v) is 8.42. The zero-order chi connectivity index (χ0) is 23.3. The summed E-state index contributed by atoms with van der Waals surface area (Å²) >= 11 is 0. The van der Waals surface area contributed by atoms with Gasteiger partial charge in [0.1, 0.15) is 5.54 Å². The van der Waals surface area contributed by atoms with Gasteiger partial charge in [-0.15, -0.1) is 0 Å². The molecule has 4 fully saturated rings. The Bertz CT molecular complexity index is 724. The number of piperidine rings is 1. The van der Waals surface area contributed by atoms with Crippen molar-refractivity contribution in [3.05, 3.63) is 0 Å². The smallest absolute Gasteiger partial charge is 0.410 e. The minimum absolute atomic E-state index is 0.312. The van der Waals surface area contributed by atoms with Crippen LogP contribution in [0.5, 0.6) is 0 Å². The Hall–Kier alpha value is -1.85. The third-order valence-electron chi connectivity index (χ3n) is 8.42. The lowest BCUT2D eigenvalue weighted by molar-refractivity contribution is -0.133. The number of hydrogen-bond donors (Lipinski definition) is 1. The highest BCUT2D eigenvalue weighted by Gasteiger charge is 2.40. The van der Waals surface area contributed by atoms with Gasteiger partial charge in [-0.3, -0.25) is 4.79 Å². The first-order valence-electron chi connectivity index (χ1n) is 12.9. The van der Waals surface area contributed by atoms with Crippen molar-refractivity contribution in [1.29, 1.82) is 5.26 Å². The van der Waals surface area contributed by atoms with Crippen molar-refractivity contribution in [3.8, 4) is 6.07 Å². The largest absolute Gasteiger partial charge is 0.436 e. The average molecular weight is 461 g/mol. The van der Waals surface area contributed by atoms with Crippen LogP contribution in [-0.4, -0.2) is 79.9 Å². The fourth-order valence-electron chi connectivity index (χ4n) is 6.22. The molecule has 0 aromatic rings. The molecule has 3 unspecified atom stereocenters. The molecule has 4 rings (SSSR count). The molecule has 0 aromatic heterocycles. The number of nitriles is 1. The van der Waals surface area contributed by atoms with E-state index in [-0.39, 0.29) is 5.91 Å². The van der Waals surface area contributed by atoms with Gasteiger partial charge < -0.3 is 24.6 Å². The Morgan fingerprint density at radius 1 is 1.09 bits per heavy atom. The van der Waals surface area contributed by atoms with Gasteiger partial charge in [0.05, 0.1) is 19.3 Å². The number of fused-ring (bicyclic) bond motifs is 1. The van der Waals surface area contributed by atoms with Crippen LogP contribution in [-0.2, 0) is 14.3 Å². The summed E-state index contributed by atoms with van der Waals surface area (Å²) in [5.74, 6) is 1.65. The lowest BCUT2D eigenvalue weighted by atomic mass is 9.66. The fourth-order valence-corrected chi connectivity index (χ4v) is 6.22. The standard InChI is InChI=1S/C25H40N4O4/c1-28-10-8-25(18-26,9-11-28)27-23(30)22(33-24(31)29-12-14-32-15-13-29)17-19-6-7-20-4-2-3-5-21(20)16-19/h19-22H,2-17H2,1H3,(H,27,30)/t19?,20?,21?,22-/m0/s1. The minimum atomic E-state index is -0.881. The van der Waals surface area contributed by atoms with E-state index in [1.165, 1.54) is 32.1 Å². The topological polar surface area (TPSA) is 94.9 Å². The highest BCUT2D eigenvalue weighted by Crippen LogP contribution is 2.44. The van der Waals surface area contributed by atoms with Crippen LogP contribution >= 0.6 is 0 Å². The van der Waals surface area contributed by atoms with Crippen molar-refractivity contribution in [1.82, 2.24) is 15.1 Å². The van der Waals surface area contributed by atoms with E-state index in [1.807, 2.05) is 7.05 Å². The zero-order valence-electron chi connectivity index (χ0n) is 20.1. The Labute approximate surface area is 197 Å². The molecule has 2 saturated carbocycles. The van der Waals surface area contributed by atoms with Crippen molar-refractivity contribution in [2.75, 3.05) is 46.4 Å². The van der Waals surface area contributed by atoms with Gasteiger partial charge in [0.25, 0.3) is 5.91 Å². The molecule has 2 heterocycles. The number of ether oxygens (including phenoxy) is 2. The van der Waals surface area contributed by atoms with Crippen LogP contribution in [0.2, 0.25) is 0 Å². The van der Waals surface area contributed by atoms with Crippen molar-refractivity contribution in [2.24, 2.45) is 17.8 Å². The molecular formula is C25H40N4O4. The summed E-state index contributed by atoms with van der Waals surface area (Å²) in [7, 11) is 2.03. The number of carbonyl (C=O) groups excluding carboxylic acids is 2. The summed E-state index contributed by atoms with van der Waals surface area (Å²) in [6.07, 6.45) is 9.14. The van der Waals surface area contributed by atoms with E-state index in [0.717, 1.165) is 37.8 Å². The van der Waals surface area contributed by atoms with E-state index in [0.29, 0.717) is 51.5 Å². The number of likely N-dealkylation sites (tertiary alicyclic amines) is 1. The Balaban J connectivity index is 1.42. The number of amides is 2. The lowest BCUT2D eigenvalue weighted by Crippen LogP contribution is -2.57. The number of nitrogens with one attached hydrogen (secondary N) is 1. The highest BCUT2D eigenvalue weighted by molar-refractivity contribution is 5.84. The maximum Gasteiger partial charge on any atom is 0.410 e. The number of nitrogens with zero attached hydrogens (tertiary/aromatic N) is 3. The number of hydrogen-bond acceptors (Lipinski definition) is 6. The van der Waals surface area contributed by atoms with Crippen LogP contribution < -0.4 is 5.32 Å². The van der Waals surface area contributed by atoms with Crippen LogP contribution in [0, 0.1) is 29.1 Å². The zero-order valence-corrected chi connectivity index (χ0v) is 20.1. The highest BCUT2D eigenvalue weighted by atomic mass is 16.6. The van der Waals surface area contributed by atoms with Gasteiger partial charge in [-0.25, -0.2) is 4.79 Å².